The van der Waals surface area contributed by atoms with E-state index in [0.29, 0.717) is 18.8 Å². The zero-order chi connectivity index (χ0) is 17.6. The fraction of sp³-hybridized carbons (Fsp3) is 0.579. The highest BCUT2D eigenvalue weighted by atomic mass is 16.3. The van der Waals surface area contributed by atoms with Gasteiger partial charge in [0.25, 0.3) is 0 Å². The maximum atomic E-state index is 12.5. The number of aromatic hydroxyl groups is 1. The van der Waals surface area contributed by atoms with Crippen LogP contribution in [0.5, 0.6) is 5.75 Å². The molecular formula is C19H26N4O2. The van der Waals surface area contributed by atoms with E-state index in [4.69, 9.17) is 5.26 Å². The largest absolute Gasteiger partial charge is 0.508 e. The highest BCUT2D eigenvalue weighted by Crippen LogP contribution is 2.19. The first-order chi connectivity index (χ1) is 12.1. The molecule has 1 atom stereocenters. The van der Waals surface area contributed by atoms with Gasteiger partial charge in [-0.2, -0.15) is 5.26 Å². The SMILES string of the molecule is N#CC1CCN(C(=O)NC2CCCN(Cc3cccc(O)c3)C2)CC1. The second kappa shape index (κ2) is 8.21. The van der Waals surface area contributed by atoms with E-state index in [0.717, 1.165) is 50.9 Å². The Kier molecular flexibility index (Phi) is 5.77. The molecule has 0 spiro atoms. The monoisotopic (exact) mass is 342 g/mol. The molecule has 0 saturated carbocycles. The molecule has 2 aliphatic rings. The molecule has 3 rings (SSSR count). The average molecular weight is 342 g/mol. The van der Waals surface area contributed by atoms with Crippen LogP contribution < -0.4 is 5.32 Å². The van der Waals surface area contributed by atoms with Gasteiger partial charge in [-0.25, -0.2) is 4.79 Å². The van der Waals surface area contributed by atoms with Gasteiger partial charge in [0.1, 0.15) is 5.75 Å². The number of hydrogen-bond acceptors (Lipinski definition) is 4. The molecule has 0 radical (unpaired) electrons. The third kappa shape index (κ3) is 4.86. The summed E-state index contributed by atoms with van der Waals surface area (Å²) in [5, 5.41) is 21.7. The van der Waals surface area contributed by atoms with E-state index in [9.17, 15) is 9.90 Å². The molecule has 6 nitrogen and oxygen atoms in total. The van der Waals surface area contributed by atoms with Crippen molar-refractivity contribution in [1.29, 1.82) is 5.26 Å². The molecule has 0 bridgehead atoms. The topological polar surface area (TPSA) is 79.6 Å². The Morgan fingerprint density at radius 3 is 2.80 bits per heavy atom. The molecule has 2 amide bonds. The average Bonchev–Trinajstić information content (AvgIpc) is 2.62. The summed E-state index contributed by atoms with van der Waals surface area (Å²) >= 11 is 0. The highest BCUT2D eigenvalue weighted by molar-refractivity contribution is 5.74. The lowest BCUT2D eigenvalue weighted by Gasteiger charge is -2.35. The number of nitrogens with zero attached hydrogens (tertiary/aromatic N) is 3. The molecular weight excluding hydrogens is 316 g/mol. The maximum absolute atomic E-state index is 12.5. The summed E-state index contributed by atoms with van der Waals surface area (Å²) in [5.41, 5.74) is 1.09. The first-order valence-electron chi connectivity index (χ1n) is 9.09. The van der Waals surface area contributed by atoms with E-state index in [-0.39, 0.29) is 18.0 Å². The number of carbonyl (C=O) groups is 1. The lowest BCUT2D eigenvalue weighted by molar-refractivity contribution is 0.154. The Morgan fingerprint density at radius 2 is 2.08 bits per heavy atom. The van der Waals surface area contributed by atoms with Crippen molar-refractivity contribution in [3.63, 3.8) is 0 Å². The Hall–Kier alpha value is -2.26. The number of hydrogen-bond donors (Lipinski definition) is 2. The van der Waals surface area contributed by atoms with Gasteiger partial charge in [-0.3, -0.25) is 4.90 Å². The summed E-state index contributed by atoms with van der Waals surface area (Å²) in [6.45, 7) is 3.97. The summed E-state index contributed by atoms with van der Waals surface area (Å²) in [6, 6.07) is 9.80. The predicted octanol–water partition coefficient (Wildman–Crippen LogP) is 2.30. The predicted molar refractivity (Wildman–Crippen MR) is 94.8 cm³/mol. The Balaban J connectivity index is 1.48. The molecule has 134 valence electrons. The van der Waals surface area contributed by atoms with Crippen LogP contribution in [0.15, 0.2) is 24.3 Å². The van der Waals surface area contributed by atoms with Crippen molar-refractivity contribution in [3.05, 3.63) is 29.8 Å². The third-order valence-corrected chi connectivity index (χ3v) is 5.11. The van der Waals surface area contributed by atoms with Crippen LogP contribution in [-0.2, 0) is 6.54 Å². The van der Waals surface area contributed by atoms with Crippen molar-refractivity contribution in [2.45, 2.75) is 38.3 Å². The lowest BCUT2D eigenvalue weighted by Crippen LogP contribution is -2.52. The fourth-order valence-electron chi connectivity index (χ4n) is 3.71. The first kappa shape index (κ1) is 17.6. The van der Waals surface area contributed by atoms with Gasteiger partial charge in [-0.1, -0.05) is 12.1 Å². The van der Waals surface area contributed by atoms with Gasteiger partial charge < -0.3 is 15.3 Å². The number of likely N-dealkylation sites (tertiary alicyclic amines) is 2. The normalized spacial score (nSPS) is 22.4. The molecule has 0 aromatic heterocycles. The summed E-state index contributed by atoms with van der Waals surface area (Å²) in [6.07, 6.45) is 3.60. The molecule has 2 heterocycles. The van der Waals surface area contributed by atoms with E-state index >= 15 is 0 Å². The third-order valence-electron chi connectivity index (χ3n) is 5.11. The molecule has 2 aliphatic heterocycles. The number of phenols is 1. The molecule has 2 N–H and O–H groups in total. The fourth-order valence-corrected chi connectivity index (χ4v) is 3.71. The number of urea groups is 1. The number of nitriles is 1. The van der Waals surface area contributed by atoms with Crippen molar-refractivity contribution < 1.29 is 9.90 Å². The number of rotatable bonds is 3. The Labute approximate surface area is 149 Å². The van der Waals surface area contributed by atoms with Crippen molar-refractivity contribution >= 4 is 6.03 Å². The van der Waals surface area contributed by atoms with E-state index in [1.807, 2.05) is 17.0 Å². The molecule has 0 aliphatic carbocycles. The molecule has 1 aromatic rings. The lowest BCUT2D eigenvalue weighted by atomic mass is 9.99. The first-order valence-corrected chi connectivity index (χ1v) is 9.09. The molecule has 2 saturated heterocycles. The van der Waals surface area contributed by atoms with E-state index in [2.05, 4.69) is 16.3 Å². The van der Waals surface area contributed by atoms with Crippen molar-refractivity contribution in [1.82, 2.24) is 15.1 Å². The smallest absolute Gasteiger partial charge is 0.317 e. The van der Waals surface area contributed by atoms with Crippen molar-refractivity contribution in [3.8, 4) is 11.8 Å². The van der Waals surface area contributed by atoms with Crippen LogP contribution in [0.3, 0.4) is 0 Å². The highest BCUT2D eigenvalue weighted by Gasteiger charge is 2.26. The van der Waals surface area contributed by atoms with Crippen LogP contribution in [0.4, 0.5) is 4.79 Å². The molecule has 1 unspecified atom stereocenters. The van der Waals surface area contributed by atoms with Crippen LogP contribution >= 0.6 is 0 Å². The van der Waals surface area contributed by atoms with Gasteiger partial charge in [0.15, 0.2) is 0 Å². The van der Waals surface area contributed by atoms with Gasteiger partial charge >= 0.3 is 6.03 Å². The second-order valence-corrected chi connectivity index (χ2v) is 7.08. The number of piperidine rings is 2. The molecule has 2 fully saturated rings. The van der Waals surface area contributed by atoms with Crippen LogP contribution in [0.25, 0.3) is 0 Å². The zero-order valence-electron chi connectivity index (χ0n) is 14.5. The molecule has 1 aromatic carbocycles. The van der Waals surface area contributed by atoms with Crippen LogP contribution in [-0.4, -0.2) is 53.2 Å². The Bertz CT molecular complexity index is 635. The number of benzene rings is 1. The van der Waals surface area contributed by atoms with E-state index in [1.54, 1.807) is 12.1 Å². The van der Waals surface area contributed by atoms with Gasteiger partial charge in [-0.05, 0) is 49.9 Å². The summed E-state index contributed by atoms with van der Waals surface area (Å²) in [7, 11) is 0. The molecule has 6 heteroatoms. The standard InChI is InChI=1S/C19H26N4O2/c20-12-15-6-9-23(10-7-15)19(25)21-17-4-2-8-22(14-17)13-16-3-1-5-18(24)11-16/h1,3,5,11,15,17,24H,2,4,6-10,13-14H2,(H,21,25). The minimum Gasteiger partial charge on any atom is -0.508 e. The van der Waals surface area contributed by atoms with Gasteiger partial charge in [0, 0.05) is 38.1 Å². The quantitative estimate of drug-likeness (QED) is 0.883. The number of carbonyl (C=O) groups excluding carboxylic acids is 1. The Morgan fingerprint density at radius 1 is 1.28 bits per heavy atom. The van der Waals surface area contributed by atoms with Gasteiger partial charge in [-0.15, -0.1) is 0 Å². The second-order valence-electron chi connectivity index (χ2n) is 7.08. The summed E-state index contributed by atoms with van der Waals surface area (Å²) in [4.78, 5) is 16.6. The van der Waals surface area contributed by atoms with Gasteiger partial charge in [0.2, 0.25) is 0 Å². The summed E-state index contributed by atoms with van der Waals surface area (Å²) in [5.74, 6) is 0.386. The van der Waals surface area contributed by atoms with Crippen molar-refractivity contribution in [2.24, 2.45) is 5.92 Å². The van der Waals surface area contributed by atoms with Crippen LogP contribution in [0.1, 0.15) is 31.2 Å². The number of phenolic OH excluding ortho intramolecular Hbond substituents is 1. The van der Waals surface area contributed by atoms with Crippen molar-refractivity contribution in [2.75, 3.05) is 26.2 Å². The number of nitrogens with one attached hydrogen (secondary N) is 1. The minimum absolute atomic E-state index is 0.000551. The van der Waals surface area contributed by atoms with Crippen LogP contribution in [0, 0.1) is 17.2 Å². The zero-order valence-corrected chi connectivity index (χ0v) is 14.5. The number of amides is 2. The van der Waals surface area contributed by atoms with Crippen LogP contribution in [0.2, 0.25) is 0 Å². The summed E-state index contributed by atoms with van der Waals surface area (Å²) < 4.78 is 0. The minimum atomic E-state index is 0.000551. The van der Waals surface area contributed by atoms with Gasteiger partial charge in [0.05, 0.1) is 6.07 Å². The molecule has 25 heavy (non-hydrogen) atoms. The van der Waals surface area contributed by atoms with E-state index < -0.39 is 0 Å². The maximum Gasteiger partial charge on any atom is 0.317 e. The van der Waals surface area contributed by atoms with E-state index in [1.165, 1.54) is 0 Å².